The van der Waals surface area contributed by atoms with Gasteiger partial charge in [-0.1, -0.05) is 0 Å². The van der Waals surface area contributed by atoms with E-state index in [9.17, 15) is 4.79 Å². The first-order valence-electron chi connectivity index (χ1n) is 10.8. The largest absolute Gasteiger partial charge is 0.381 e. The van der Waals surface area contributed by atoms with Crippen molar-refractivity contribution in [2.24, 2.45) is 4.99 Å². The zero-order chi connectivity index (χ0) is 19.8. The molecule has 1 N–H and O–H groups in total. The van der Waals surface area contributed by atoms with Gasteiger partial charge in [-0.05, 0) is 38.9 Å². The summed E-state index contributed by atoms with van der Waals surface area (Å²) < 4.78 is 5.76. The standard InChI is InChI=1S/C20H37N5O2S/c1-3-21-19(22-17-20(28-2)6-14-27-15-7-20)25-12-10-23(11-13-25)16-18(26)24-8-4-5-9-24/h3-17H2,1-2H3,(H,21,22). The van der Waals surface area contributed by atoms with Crippen molar-refractivity contribution in [3.63, 3.8) is 0 Å². The minimum Gasteiger partial charge on any atom is -0.381 e. The Hall–Kier alpha value is -0.990. The second-order valence-corrected chi connectivity index (χ2v) is 9.30. The topological polar surface area (TPSA) is 60.4 Å². The Morgan fingerprint density at radius 3 is 2.36 bits per heavy atom. The number of piperazine rings is 1. The molecule has 28 heavy (non-hydrogen) atoms. The molecule has 3 aliphatic rings. The number of likely N-dealkylation sites (tertiary alicyclic amines) is 1. The molecular formula is C20H37N5O2S. The van der Waals surface area contributed by atoms with Crippen LogP contribution in [0.4, 0.5) is 0 Å². The Morgan fingerprint density at radius 2 is 1.75 bits per heavy atom. The molecule has 3 saturated heterocycles. The Morgan fingerprint density at radius 1 is 1.07 bits per heavy atom. The highest BCUT2D eigenvalue weighted by Gasteiger charge is 2.32. The van der Waals surface area contributed by atoms with E-state index in [2.05, 4.69) is 28.3 Å². The molecule has 0 radical (unpaired) electrons. The molecule has 0 bridgehead atoms. The van der Waals surface area contributed by atoms with Crippen molar-refractivity contribution >= 4 is 23.6 Å². The SMILES string of the molecule is CCNC(=NCC1(SC)CCOCC1)N1CCN(CC(=O)N2CCCC2)CC1. The summed E-state index contributed by atoms with van der Waals surface area (Å²) in [5.41, 5.74) is 0. The molecule has 0 aliphatic carbocycles. The minimum absolute atomic E-state index is 0.211. The first-order chi connectivity index (χ1) is 13.7. The van der Waals surface area contributed by atoms with E-state index in [1.54, 1.807) is 0 Å². The molecule has 1 amide bonds. The van der Waals surface area contributed by atoms with Crippen LogP contribution in [-0.2, 0) is 9.53 Å². The van der Waals surface area contributed by atoms with Crippen LogP contribution in [0.5, 0.6) is 0 Å². The highest BCUT2D eigenvalue weighted by atomic mass is 32.2. The Kier molecular flexibility index (Phi) is 8.29. The van der Waals surface area contributed by atoms with Gasteiger partial charge in [0.25, 0.3) is 0 Å². The highest BCUT2D eigenvalue weighted by Crippen LogP contribution is 2.34. The van der Waals surface area contributed by atoms with Crippen molar-refractivity contribution in [3.8, 4) is 0 Å². The molecule has 0 aromatic heterocycles. The number of carbonyl (C=O) groups excluding carboxylic acids is 1. The van der Waals surface area contributed by atoms with Crippen LogP contribution >= 0.6 is 11.8 Å². The summed E-state index contributed by atoms with van der Waals surface area (Å²) in [6.07, 6.45) is 6.66. The van der Waals surface area contributed by atoms with E-state index in [-0.39, 0.29) is 4.75 Å². The maximum Gasteiger partial charge on any atom is 0.236 e. The normalized spacial score (nSPS) is 23.9. The van der Waals surface area contributed by atoms with Crippen LogP contribution < -0.4 is 5.32 Å². The number of hydrogen-bond donors (Lipinski definition) is 1. The molecule has 0 aromatic rings. The van der Waals surface area contributed by atoms with E-state index in [4.69, 9.17) is 9.73 Å². The predicted molar refractivity (Wildman–Crippen MR) is 116 cm³/mol. The molecule has 0 aromatic carbocycles. The van der Waals surface area contributed by atoms with Gasteiger partial charge in [0.05, 0.1) is 13.1 Å². The lowest BCUT2D eigenvalue weighted by Gasteiger charge is -2.38. The summed E-state index contributed by atoms with van der Waals surface area (Å²) in [5, 5.41) is 3.48. The Balaban J connectivity index is 1.51. The molecule has 3 rings (SSSR count). The lowest BCUT2D eigenvalue weighted by atomic mass is 9.99. The predicted octanol–water partition coefficient (Wildman–Crippen LogP) is 1.10. The van der Waals surface area contributed by atoms with Gasteiger partial charge in [-0.15, -0.1) is 0 Å². The average Bonchev–Trinajstić information content (AvgIpc) is 3.28. The number of nitrogens with zero attached hydrogens (tertiary/aromatic N) is 4. The number of thioether (sulfide) groups is 1. The van der Waals surface area contributed by atoms with Crippen molar-refractivity contribution in [1.82, 2.24) is 20.0 Å². The molecule has 8 heteroatoms. The van der Waals surface area contributed by atoms with Gasteiger partial charge in [-0.3, -0.25) is 14.7 Å². The number of aliphatic imine (C=N–C) groups is 1. The number of guanidine groups is 1. The first kappa shape index (κ1) is 21.7. The fourth-order valence-corrected chi connectivity index (χ4v) is 4.96. The van der Waals surface area contributed by atoms with E-state index in [0.717, 1.165) is 97.2 Å². The van der Waals surface area contributed by atoms with Gasteiger partial charge in [-0.25, -0.2) is 0 Å². The van der Waals surface area contributed by atoms with E-state index in [1.165, 1.54) is 0 Å². The lowest BCUT2D eigenvalue weighted by molar-refractivity contribution is -0.131. The van der Waals surface area contributed by atoms with Gasteiger partial charge in [-0.2, -0.15) is 11.8 Å². The summed E-state index contributed by atoms with van der Waals surface area (Å²) >= 11 is 1.94. The van der Waals surface area contributed by atoms with Crippen molar-refractivity contribution in [2.45, 2.75) is 37.4 Å². The molecule has 3 aliphatic heterocycles. The zero-order valence-corrected chi connectivity index (χ0v) is 18.4. The maximum atomic E-state index is 12.4. The van der Waals surface area contributed by atoms with Gasteiger partial charge < -0.3 is 19.9 Å². The number of amides is 1. The van der Waals surface area contributed by atoms with Gasteiger partial charge in [0, 0.05) is 63.8 Å². The van der Waals surface area contributed by atoms with Crippen molar-refractivity contribution < 1.29 is 9.53 Å². The van der Waals surface area contributed by atoms with Crippen LogP contribution in [0, 0.1) is 0 Å². The van der Waals surface area contributed by atoms with E-state index >= 15 is 0 Å². The summed E-state index contributed by atoms with van der Waals surface area (Å²) in [6, 6.07) is 0. The maximum absolute atomic E-state index is 12.4. The molecule has 7 nitrogen and oxygen atoms in total. The van der Waals surface area contributed by atoms with Gasteiger partial charge in [0.15, 0.2) is 5.96 Å². The summed E-state index contributed by atoms with van der Waals surface area (Å²) in [5.74, 6) is 1.32. The number of rotatable bonds is 6. The summed E-state index contributed by atoms with van der Waals surface area (Å²) in [4.78, 5) is 24.1. The van der Waals surface area contributed by atoms with Crippen LogP contribution in [-0.4, -0.2) is 110 Å². The number of nitrogens with one attached hydrogen (secondary N) is 1. The van der Waals surface area contributed by atoms with E-state index in [0.29, 0.717) is 12.5 Å². The zero-order valence-electron chi connectivity index (χ0n) is 17.6. The second kappa shape index (κ2) is 10.7. The molecule has 0 spiro atoms. The number of hydrogen-bond acceptors (Lipinski definition) is 5. The monoisotopic (exact) mass is 411 g/mol. The van der Waals surface area contributed by atoms with Crippen molar-refractivity contribution in [1.29, 1.82) is 0 Å². The van der Waals surface area contributed by atoms with Crippen LogP contribution in [0.1, 0.15) is 32.6 Å². The fourth-order valence-electron chi connectivity index (χ4n) is 4.19. The molecule has 160 valence electrons. The molecular weight excluding hydrogens is 374 g/mol. The van der Waals surface area contributed by atoms with Crippen LogP contribution in [0.2, 0.25) is 0 Å². The Labute approximate surface area is 174 Å². The van der Waals surface area contributed by atoms with Crippen LogP contribution in [0.15, 0.2) is 4.99 Å². The second-order valence-electron chi connectivity index (χ2n) is 8.02. The third-order valence-corrected chi connectivity index (χ3v) is 7.58. The van der Waals surface area contributed by atoms with Crippen molar-refractivity contribution in [2.75, 3.05) is 78.4 Å². The van der Waals surface area contributed by atoms with Gasteiger partial charge >= 0.3 is 0 Å². The summed E-state index contributed by atoms with van der Waals surface area (Å²) in [6.45, 7) is 11.7. The summed E-state index contributed by atoms with van der Waals surface area (Å²) in [7, 11) is 0. The highest BCUT2D eigenvalue weighted by molar-refractivity contribution is 8.00. The quantitative estimate of drug-likeness (QED) is 0.522. The van der Waals surface area contributed by atoms with Gasteiger partial charge in [0.2, 0.25) is 5.91 Å². The smallest absolute Gasteiger partial charge is 0.236 e. The average molecular weight is 412 g/mol. The van der Waals surface area contributed by atoms with E-state index < -0.39 is 0 Å². The minimum atomic E-state index is 0.211. The van der Waals surface area contributed by atoms with Crippen LogP contribution in [0.3, 0.4) is 0 Å². The van der Waals surface area contributed by atoms with Gasteiger partial charge in [0.1, 0.15) is 0 Å². The Bertz CT molecular complexity index is 525. The number of ether oxygens (including phenoxy) is 1. The molecule has 0 atom stereocenters. The molecule has 0 saturated carbocycles. The first-order valence-corrected chi connectivity index (χ1v) is 12.0. The van der Waals surface area contributed by atoms with Crippen LogP contribution in [0.25, 0.3) is 0 Å². The van der Waals surface area contributed by atoms with Crippen molar-refractivity contribution in [3.05, 3.63) is 0 Å². The lowest BCUT2D eigenvalue weighted by Crippen LogP contribution is -2.54. The third-order valence-electron chi connectivity index (χ3n) is 6.18. The fraction of sp³-hybridized carbons (Fsp3) is 0.900. The third kappa shape index (κ3) is 5.76. The molecule has 0 unspecified atom stereocenters. The van der Waals surface area contributed by atoms with E-state index in [1.807, 2.05) is 16.7 Å². The molecule has 3 fully saturated rings. The number of carbonyl (C=O) groups is 1. The molecule has 3 heterocycles.